The Hall–Kier alpha value is -1.24. The zero-order chi connectivity index (χ0) is 14.1. The van der Waals surface area contributed by atoms with Crippen LogP contribution in [0.3, 0.4) is 0 Å². The first-order valence-corrected chi connectivity index (χ1v) is 7.23. The van der Waals surface area contributed by atoms with Crippen LogP contribution in [0.1, 0.15) is 59.3 Å². The van der Waals surface area contributed by atoms with Gasteiger partial charge in [-0.3, -0.25) is 0 Å². The van der Waals surface area contributed by atoms with Gasteiger partial charge in [-0.2, -0.15) is 5.26 Å². The third kappa shape index (κ3) is 3.86. The van der Waals surface area contributed by atoms with E-state index in [1.165, 1.54) is 25.7 Å². The highest BCUT2D eigenvalue weighted by molar-refractivity contribution is 5.68. The summed E-state index contributed by atoms with van der Waals surface area (Å²) in [6, 6.07) is 1.83. The fourth-order valence-corrected chi connectivity index (χ4v) is 3.11. The first kappa shape index (κ1) is 14.2. The molecule has 0 aromatic rings. The molecule has 0 bridgehead atoms. The summed E-state index contributed by atoms with van der Waals surface area (Å²) in [6.07, 6.45) is 6.72. The average molecular weight is 264 g/mol. The molecule has 0 heterocycles. The van der Waals surface area contributed by atoms with Gasteiger partial charge >= 0.3 is 6.09 Å². The Morgan fingerprint density at radius 2 is 2.11 bits per heavy atom. The van der Waals surface area contributed by atoms with Gasteiger partial charge in [-0.05, 0) is 64.2 Å². The zero-order valence-corrected chi connectivity index (χ0v) is 12.2. The predicted octanol–water partition coefficient (Wildman–Crippen LogP) is 3.37. The molecule has 0 saturated heterocycles. The number of hydrogen-bond acceptors (Lipinski definition) is 3. The maximum Gasteiger partial charge on any atom is 0.408 e. The molecule has 4 heteroatoms. The second-order valence-electron chi connectivity index (χ2n) is 7.11. The fourth-order valence-electron chi connectivity index (χ4n) is 3.11. The predicted molar refractivity (Wildman–Crippen MR) is 72.4 cm³/mol. The Morgan fingerprint density at radius 3 is 2.63 bits per heavy atom. The van der Waals surface area contributed by atoms with Crippen molar-refractivity contribution < 1.29 is 9.53 Å². The number of nitrogens with one attached hydrogen (secondary N) is 1. The average Bonchev–Trinajstić information content (AvgIpc) is 3.03. The summed E-state index contributed by atoms with van der Waals surface area (Å²) in [5, 5.41) is 12.0. The van der Waals surface area contributed by atoms with Crippen molar-refractivity contribution in [3.63, 3.8) is 0 Å². The number of amides is 1. The number of nitriles is 1. The molecule has 1 amide bonds. The molecule has 2 fully saturated rings. The molecular formula is C15H24N2O2. The Bertz CT molecular complexity index is 388. The van der Waals surface area contributed by atoms with Crippen LogP contribution < -0.4 is 5.32 Å². The molecule has 0 unspecified atom stereocenters. The van der Waals surface area contributed by atoms with Gasteiger partial charge < -0.3 is 10.1 Å². The molecule has 1 spiro atoms. The highest BCUT2D eigenvalue weighted by Crippen LogP contribution is 2.57. The third-order valence-corrected chi connectivity index (χ3v) is 4.22. The normalized spacial score (nSPS) is 26.3. The molecule has 2 saturated carbocycles. The molecule has 2 aliphatic carbocycles. The number of carbonyl (C=O) groups excluding carboxylic acids is 1. The summed E-state index contributed by atoms with van der Waals surface area (Å²) < 4.78 is 5.23. The summed E-state index contributed by atoms with van der Waals surface area (Å²) in [6.45, 7) is 5.48. The van der Waals surface area contributed by atoms with E-state index in [9.17, 15) is 10.1 Å². The van der Waals surface area contributed by atoms with Crippen LogP contribution in [0.25, 0.3) is 0 Å². The Kier molecular flexibility index (Phi) is 3.75. The van der Waals surface area contributed by atoms with Gasteiger partial charge in [0, 0.05) is 0 Å². The van der Waals surface area contributed by atoms with E-state index in [1.807, 2.05) is 20.8 Å². The van der Waals surface area contributed by atoms with Gasteiger partial charge in [0.1, 0.15) is 11.6 Å². The van der Waals surface area contributed by atoms with Crippen molar-refractivity contribution in [2.75, 3.05) is 0 Å². The monoisotopic (exact) mass is 264 g/mol. The maximum atomic E-state index is 11.8. The molecule has 106 valence electrons. The van der Waals surface area contributed by atoms with Crippen LogP contribution in [0.4, 0.5) is 4.79 Å². The minimum absolute atomic E-state index is 0.286. The maximum absolute atomic E-state index is 11.8. The molecule has 19 heavy (non-hydrogen) atoms. The SMILES string of the molecule is CC(C)(C)OC(=O)N[C@H](C#N)[C@H]1CCCC2(CC2)C1. The van der Waals surface area contributed by atoms with E-state index in [1.54, 1.807) is 0 Å². The van der Waals surface area contributed by atoms with Crippen molar-refractivity contribution in [2.24, 2.45) is 11.3 Å². The van der Waals surface area contributed by atoms with E-state index >= 15 is 0 Å². The van der Waals surface area contributed by atoms with Crippen molar-refractivity contribution in [1.29, 1.82) is 5.26 Å². The Balaban J connectivity index is 1.89. The van der Waals surface area contributed by atoms with Crippen LogP contribution in [0.2, 0.25) is 0 Å². The second kappa shape index (κ2) is 5.03. The van der Waals surface area contributed by atoms with Crippen LogP contribution in [0.5, 0.6) is 0 Å². The Labute approximate surface area is 115 Å². The van der Waals surface area contributed by atoms with E-state index in [2.05, 4.69) is 11.4 Å². The number of rotatable bonds is 2. The van der Waals surface area contributed by atoms with Gasteiger partial charge in [0.15, 0.2) is 0 Å². The molecule has 0 aromatic carbocycles. The molecule has 0 aromatic heterocycles. The van der Waals surface area contributed by atoms with Crippen molar-refractivity contribution in [1.82, 2.24) is 5.32 Å². The van der Waals surface area contributed by atoms with Gasteiger partial charge in [-0.25, -0.2) is 4.79 Å². The highest BCUT2D eigenvalue weighted by Gasteiger charge is 2.47. The van der Waals surface area contributed by atoms with Crippen LogP contribution in [0, 0.1) is 22.7 Å². The number of carbonyl (C=O) groups is 1. The number of hydrogen-bond donors (Lipinski definition) is 1. The van der Waals surface area contributed by atoms with Crippen LogP contribution in [0.15, 0.2) is 0 Å². The number of nitrogens with zero attached hydrogens (tertiary/aromatic N) is 1. The molecule has 0 radical (unpaired) electrons. The van der Waals surface area contributed by atoms with Gasteiger partial charge in [0.25, 0.3) is 0 Å². The minimum Gasteiger partial charge on any atom is -0.444 e. The third-order valence-electron chi connectivity index (χ3n) is 4.22. The van der Waals surface area contributed by atoms with E-state index in [-0.39, 0.29) is 5.92 Å². The Morgan fingerprint density at radius 1 is 1.42 bits per heavy atom. The quantitative estimate of drug-likeness (QED) is 0.831. The summed E-state index contributed by atoms with van der Waals surface area (Å²) >= 11 is 0. The summed E-state index contributed by atoms with van der Waals surface area (Å²) in [5.41, 5.74) is -0.0119. The van der Waals surface area contributed by atoms with Crippen LogP contribution >= 0.6 is 0 Å². The van der Waals surface area contributed by atoms with Crippen molar-refractivity contribution in [2.45, 2.75) is 70.9 Å². The summed E-state index contributed by atoms with van der Waals surface area (Å²) in [5.74, 6) is 0.286. The van der Waals surface area contributed by atoms with Crippen molar-refractivity contribution in [3.8, 4) is 6.07 Å². The summed E-state index contributed by atoms with van der Waals surface area (Å²) in [4.78, 5) is 11.8. The van der Waals surface area contributed by atoms with Gasteiger partial charge in [-0.1, -0.05) is 6.42 Å². The minimum atomic E-state index is -0.519. The van der Waals surface area contributed by atoms with E-state index in [0.29, 0.717) is 5.41 Å². The first-order chi connectivity index (χ1) is 8.84. The highest BCUT2D eigenvalue weighted by atomic mass is 16.6. The molecule has 0 aliphatic heterocycles. The zero-order valence-electron chi connectivity index (χ0n) is 12.2. The first-order valence-electron chi connectivity index (χ1n) is 7.23. The lowest BCUT2D eigenvalue weighted by Crippen LogP contribution is -2.43. The van der Waals surface area contributed by atoms with Crippen LogP contribution in [-0.4, -0.2) is 17.7 Å². The molecule has 4 nitrogen and oxygen atoms in total. The standard InChI is InChI=1S/C15H24N2O2/c1-14(2,3)19-13(18)17-12(10-16)11-5-4-6-15(9-11)7-8-15/h11-12H,4-9H2,1-3H3,(H,17,18)/t11-,12+/m0/s1. The molecular weight excluding hydrogens is 240 g/mol. The largest absolute Gasteiger partial charge is 0.444 e. The topological polar surface area (TPSA) is 62.1 Å². The van der Waals surface area contributed by atoms with Gasteiger partial charge in [0.2, 0.25) is 0 Å². The number of alkyl carbamates (subject to hydrolysis) is 1. The van der Waals surface area contributed by atoms with E-state index in [0.717, 1.165) is 12.8 Å². The molecule has 2 atom stereocenters. The molecule has 1 N–H and O–H groups in total. The van der Waals surface area contributed by atoms with E-state index < -0.39 is 17.7 Å². The second-order valence-corrected chi connectivity index (χ2v) is 7.11. The summed E-state index contributed by atoms with van der Waals surface area (Å²) in [7, 11) is 0. The molecule has 2 aliphatic rings. The van der Waals surface area contributed by atoms with Gasteiger partial charge in [-0.15, -0.1) is 0 Å². The lowest BCUT2D eigenvalue weighted by Gasteiger charge is -2.32. The van der Waals surface area contributed by atoms with Crippen LogP contribution in [-0.2, 0) is 4.74 Å². The smallest absolute Gasteiger partial charge is 0.408 e. The van der Waals surface area contributed by atoms with Crippen molar-refractivity contribution in [3.05, 3.63) is 0 Å². The van der Waals surface area contributed by atoms with Gasteiger partial charge in [0.05, 0.1) is 6.07 Å². The lowest BCUT2D eigenvalue weighted by atomic mass is 9.76. The lowest BCUT2D eigenvalue weighted by molar-refractivity contribution is 0.0489. The van der Waals surface area contributed by atoms with E-state index in [4.69, 9.17) is 4.74 Å². The molecule has 2 rings (SSSR count). The fraction of sp³-hybridized carbons (Fsp3) is 0.867. The van der Waals surface area contributed by atoms with Crippen molar-refractivity contribution >= 4 is 6.09 Å². The number of ether oxygens (including phenoxy) is 1.